The highest BCUT2D eigenvalue weighted by Crippen LogP contribution is 2.72. The third-order valence-corrected chi connectivity index (χ3v) is 12.2. The second kappa shape index (κ2) is 9.56. The molecular weight excluding hydrogens is 448 g/mol. The number of fused-ring (bicyclic) bond motifs is 4. The predicted molar refractivity (Wildman–Crippen MR) is 145 cm³/mol. The van der Waals surface area contributed by atoms with Gasteiger partial charge in [-0.3, -0.25) is 4.79 Å². The van der Waals surface area contributed by atoms with E-state index >= 15 is 0 Å². The van der Waals surface area contributed by atoms with Gasteiger partial charge >= 0.3 is 5.97 Å². The highest BCUT2D eigenvalue weighted by molar-refractivity contribution is 5.66. The van der Waals surface area contributed by atoms with Crippen molar-refractivity contribution in [2.24, 2.45) is 45.3 Å². The molecule has 0 amide bonds. The molecule has 0 bridgehead atoms. The van der Waals surface area contributed by atoms with Crippen molar-refractivity contribution in [3.63, 3.8) is 0 Å². The Morgan fingerprint density at radius 1 is 1.00 bits per heavy atom. The summed E-state index contributed by atoms with van der Waals surface area (Å²) < 4.78 is 5.86. The summed E-state index contributed by atoms with van der Waals surface area (Å²) in [7, 11) is 0. The van der Waals surface area contributed by atoms with Gasteiger partial charge in [0.05, 0.1) is 6.10 Å². The number of aliphatic hydroxyl groups is 2. The molecule has 0 aromatic rings. The number of ether oxygens (including phenoxy) is 1. The standard InChI is InChI=1S/C32H52O4/c1-20(19-33)9-11-26(36-22(3)34)21(2)23-13-17-32(8)25-10-12-27-29(4,5)28(35)15-16-30(27,6)24(25)14-18-31(23,32)7/h9,11,20-21,23,26-28,33,35H,10,12-19H2,1-8H3/b11-9+/t20-,21+,23-,26+,27+,28-,30-,31-,32+/m1/s1. The molecule has 0 aliphatic heterocycles. The van der Waals surface area contributed by atoms with Gasteiger partial charge in [0.25, 0.3) is 0 Å². The molecule has 0 aromatic heterocycles. The van der Waals surface area contributed by atoms with Gasteiger partial charge in [-0.25, -0.2) is 0 Å². The van der Waals surface area contributed by atoms with Crippen LogP contribution in [0.1, 0.15) is 107 Å². The first-order valence-electron chi connectivity index (χ1n) is 14.6. The van der Waals surface area contributed by atoms with E-state index < -0.39 is 0 Å². The lowest BCUT2D eigenvalue weighted by Crippen LogP contribution is -2.55. The SMILES string of the molecule is CC(=O)O[C@@H](/C=C/[C@@H](C)CO)[C@@H](C)[C@H]1CC[C@@]2(C)C3=C(CC[C@]12C)[C@@]1(C)CC[C@@H](O)C(C)(C)[C@@H]1CC3. The Bertz CT molecular complexity index is 917. The van der Waals surface area contributed by atoms with Crippen molar-refractivity contribution in [1.29, 1.82) is 0 Å². The zero-order chi connectivity index (χ0) is 26.7. The summed E-state index contributed by atoms with van der Waals surface area (Å²) in [6, 6.07) is 0. The summed E-state index contributed by atoms with van der Waals surface area (Å²) in [6.07, 6.45) is 12.7. The number of hydrogen-bond acceptors (Lipinski definition) is 4. The van der Waals surface area contributed by atoms with Crippen LogP contribution < -0.4 is 0 Å². The number of aliphatic hydroxyl groups excluding tert-OH is 2. The quantitative estimate of drug-likeness (QED) is 0.309. The fraction of sp³-hybridized carbons (Fsp3) is 0.844. The number of carbonyl (C=O) groups excluding carboxylic acids is 1. The van der Waals surface area contributed by atoms with Crippen molar-refractivity contribution < 1.29 is 19.7 Å². The van der Waals surface area contributed by atoms with Crippen molar-refractivity contribution in [2.45, 2.75) is 119 Å². The molecule has 9 atom stereocenters. The molecule has 4 rings (SSSR count). The van der Waals surface area contributed by atoms with Gasteiger partial charge in [-0.05, 0) is 96.9 Å². The first-order valence-corrected chi connectivity index (χ1v) is 14.6. The van der Waals surface area contributed by atoms with E-state index in [9.17, 15) is 15.0 Å². The Labute approximate surface area is 220 Å². The molecule has 36 heavy (non-hydrogen) atoms. The number of esters is 1. The monoisotopic (exact) mass is 500 g/mol. The number of rotatable bonds is 6. The van der Waals surface area contributed by atoms with E-state index in [1.807, 2.05) is 19.1 Å². The first kappa shape index (κ1) is 27.9. The smallest absolute Gasteiger partial charge is 0.303 e. The molecule has 0 aromatic carbocycles. The number of carbonyl (C=O) groups is 1. The Morgan fingerprint density at radius 2 is 1.69 bits per heavy atom. The number of hydrogen-bond donors (Lipinski definition) is 2. The molecule has 2 N–H and O–H groups in total. The zero-order valence-electron chi connectivity index (χ0n) is 24.2. The summed E-state index contributed by atoms with van der Waals surface area (Å²) in [5.41, 5.74) is 4.00. The maximum atomic E-state index is 12.0. The fourth-order valence-electron chi connectivity index (χ4n) is 9.66. The highest BCUT2D eigenvalue weighted by atomic mass is 16.5. The van der Waals surface area contributed by atoms with Gasteiger partial charge in [0.15, 0.2) is 0 Å². The molecule has 0 heterocycles. The minimum atomic E-state index is -0.259. The molecule has 4 nitrogen and oxygen atoms in total. The molecule has 0 saturated heterocycles. The molecule has 4 heteroatoms. The minimum Gasteiger partial charge on any atom is -0.458 e. The van der Waals surface area contributed by atoms with Crippen molar-refractivity contribution in [3.8, 4) is 0 Å². The topological polar surface area (TPSA) is 66.8 Å². The van der Waals surface area contributed by atoms with Crippen LogP contribution in [0.15, 0.2) is 23.3 Å². The summed E-state index contributed by atoms with van der Waals surface area (Å²) in [5.74, 6) is 1.06. The minimum absolute atomic E-state index is 0.0325. The van der Waals surface area contributed by atoms with Gasteiger partial charge < -0.3 is 14.9 Å². The Hall–Kier alpha value is -1.13. The van der Waals surface area contributed by atoms with Crippen LogP contribution in [0.5, 0.6) is 0 Å². The van der Waals surface area contributed by atoms with Crippen LogP contribution in [0.3, 0.4) is 0 Å². The van der Waals surface area contributed by atoms with Crippen LogP contribution in [0.2, 0.25) is 0 Å². The van der Waals surface area contributed by atoms with Crippen molar-refractivity contribution in [1.82, 2.24) is 0 Å². The van der Waals surface area contributed by atoms with E-state index in [0.717, 1.165) is 19.3 Å². The van der Waals surface area contributed by atoms with Gasteiger partial charge in [0, 0.05) is 19.4 Å². The van der Waals surface area contributed by atoms with Crippen molar-refractivity contribution in [3.05, 3.63) is 23.3 Å². The Balaban J connectivity index is 1.67. The lowest BCUT2D eigenvalue weighted by molar-refractivity contribution is -0.148. The van der Waals surface area contributed by atoms with E-state index in [1.165, 1.54) is 39.0 Å². The third kappa shape index (κ3) is 4.13. The van der Waals surface area contributed by atoms with E-state index in [1.54, 1.807) is 11.1 Å². The molecule has 0 unspecified atom stereocenters. The summed E-state index contributed by atoms with van der Waals surface area (Å²) in [5, 5.41) is 20.4. The van der Waals surface area contributed by atoms with Crippen LogP contribution in [-0.2, 0) is 9.53 Å². The Kier molecular flexibility index (Phi) is 7.41. The molecule has 0 radical (unpaired) electrons. The second-order valence-electron chi connectivity index (χ2n) is 14.2. The van der Waals surface area contributed by atoms with Crippen LogP contribution in [-0.4, -0.2) is 35.0 Å². The summed E-state index contributed by atoms with van der Waals surface area (Å²) in [6.45, 7) is 18.0. The molecule has 4 aliphatic carbocycles. The van der Waals surface area contributed by atoms with Gasteiger partial charge in [-0.15, -0.1) is 0 Å². The average molecular weight is 501 g/mol. The van der Waals surface area contributed by atoms with Gasteiger partial charge in [-0.2, -0.15) is 0 Å². The predicted octanol–water partition coefficient (Wildman–Crippen LogP) is 6.85. The Morgan fingerprint density at radius 3 is 2.33 bits per heavy atom. The van der Waals surface area contributed by atoms with Gasteiger partial charge in [0.2, 0.25) is 0 Å². The lowest BCUT2D eigenvalue weighted by Gasteiger charge is -2.62. The molecule has 2 fully saturated rings. The largest absolute Gasteiger partial charge is 0.458 e. The fourth-order valence-corrected chi connectivity index (χ4v) is 9.66. The van der Waals surface area contributed by atoms with E-state index in [0.29, 0.717) is 11.8 Å². The molecule has 2 saturated carbocycles. The average Bonchev–Trinajstić information content (AvgIpc) is 3.09. The summed E-state index contributed by atoms with van der Waals surface area (Å²) >= 11 is 0. The molecular formula is C32H52O4. The molecule has 0 spiro atoms. The van der Waals surface area contributed by atoms with Crippen molar-refractivity contribution in [2.75, 3.05) is 6.61 Å². The van der Waals surface area contributed by atoms with E-state index in [-0.39, 0.29) is 58.3 Å². The first-order chi connectivity index (χ1) is 16.7. The highest BCUT2D eigenvalue weighted by Gasteiger charge is 2.63. The maximum absolute atomic E-state index is 12.0. The lowest BCUT2D eigenvalue weighted by atomic mass is 9.43. The zero-order valence-corrected chi connectivity index (χ0v) is 24.2. The van der Waals surface area contributed by atoms with E-state index in [4.69, 9.17) is 4.74 Å². The van der Waals surface area contributed by atoms with Crippen molar-refractivity contribution >= 4 is 5.97 Å². The summed E-state index contributed by atoms with van der Waals surface area (Å²) in [4.78, 5) is 12.0. The van der Waals surface area contributed by atoms with Gasteiger partial charge in [-0.1, -0.05) is 65.7 Å². The molecule has 204 valence electrons. The number of allylic oxidation sites excluding steroid dienone is 2. The third-order valence-electron chi connectivity index (χ3n) is 12.2. The van der Waals surface area contributed by atoms with Gasteiger partial charge in [0.1, 0.15) is 6.10 Å². The normalized spacial score (nSPS) is 42.3. The van der Waals surface area contributed by atoms with E-state index in [2.05, 4.69) is 41.5 Å². The molecule has 4 aliphatic rings. The van der Waals surface area contributed by atoms with Crippen LogP contribution in [0.25, 0.3) is 0 Å². The van der Waals surface area contributed by atoms with Crippen LogP contribution in [0.4, 0.5) is 0 Å². The van der Waals surface area contributed by atoms with Crippen LogP contribution in [0, 0.1) is 45.3 Å². The van der Waals surface area contributed by atoms with Crippen LogP contribution >= 0.6 is 0 Å². The second-order valence-corrected chi connectivity index (χ2v) is 14.2. The maximum Gasteiger partial charge on any atom is 0.303 e.